The molecule has 0 saturated carbocycles. The lowest BCUT2D eigenvalue weighted by molar-refractivity contribution is -0.192. The summed E-state index contributed by atoms with van der Waals surface area (Å²) in [5, 5.41) is 20.6. The number of carbonyl (C=O) groups is 3. The number of aromatic nitrogens is 5. The number of aliphatic carboxylic acids is 1. The Balaban J connectivity index is 0.000000646. The van der Waals surface area contributed by atoms with Crippen molar-refractivity contribution in [3.63, 3.8) is 0 Å². The first-order valence-corrected chi connectivity index (χ1v) is 12.7. The topological polar surface area (TPSA) is 173 Å². The highest BCUT2D eigenvalue weighted by molar-refractivity contribution is 5.95. The van der Waals surface area contributed by atoms with Gasteiger partial charge in [-0.1, -0.05) is 17.3 Å². The molecule has 0 bridgehead atoms. The molecule has 0 atom stereocenters. The molecular formula is C26H27F4N7O6. The van der Waals surface area contributed by atoms with Gasteiger partial charge in [-0.3, -0.25) is 9.59 Å². The zero-order chi connectivity index (χ0) is 31.4. The molecule has 17 heteroatoms. The summed E-state index contributed by atoms with van der Waals surface area (Å²) < 4.78 is 56.3. The van der Waals surface area contributed by atoms with Crippen LogP contribution in [0.3, 0.4) is 0 Å². The van der Waals surface area contributed by atoms with Gasteiger partial charge in [0.15, 0.2) is 5.69 Å². The maximum absolute atomic E-state index is 12.7. The molecule has 0 unspecified atom stereocenters. The first-order valence-electron chi connectivity index (χ1n) is 12.7. The van der Waals surface area contributed by atoms with Gasteiger partial charge in [0.1, 0.15) is 30.5 Å². The standard InChI is InChI=1S/C24H26FN7O4.C2HF3O2/c1-2-26-23(33)16-7-8-20(21(13-16)36-12-11-35-10-9-25)32-15-19(30-31-32)24(34)27-14-22-28-17-5-3-4-6-18(17)29-22;3-2(4,5)1(6)7/h3-8,13,15H,2,9-12,14H2,1H3,(H,26,33)(H,27,34)(H,28,29);(H,6,7). The lowest BCUT2D eigenvalue weighted by atomic mass is 10.1. The van der Waals surface area contributed by atoms with Crippen LogP contribution in [0.15, 0.2) is 48.7 Å². The third kappa shape index (κ3) is 9.49. The van der Waals surface area contributed by atoms with E-state index in [1.165, 1.54) is 10.9 Å². The van der Waals surface area contributed by atoms with Crippen LogP contribution >= 0.6 is 0 Å². The monoisotopic (exact) mass is 609 g/mol. The van der Waals surface area contributed by atoms with Gasteiger partial charge in [-0.15, -0.1) is 5.10 Å². The van der Waals surface area contributed by atoms with Crippen LogP contribution in [0.25, 0.3) is 16.7 Å². The van der Waals surface area contributed by atoms with E-state index in [1.54, 1.807) is 18.2 Å². The zero-order valence-electron chi connectivity index (χ0n) is 22.7. The Hall–Kier alpha value is -5.06. The molecule has 0 saturated heterocycles. The Morgan fingerprint density at radius 3 is 2.47 bits per heavy atom. The second kappa shape index (κ2) is 15.2. The fourth-order valence-corrected chi connectivity index (χ4v) is 3.42. The van der Waals surface area contributed by atoms with Gasteiger partial charge < -0.3 is 30.2 Å². The number of carbonyl (C=O) groups excluding carboxylic acids is 2. The number of nitrogens with zero attached hydrogens (tertiary/aromatic N) is 4. The van der Waals surface area contributed by atoms with Gasteiger partial charge >= 0.3 is 12.1 Å². The van der Waals surface area contributed by atoms with E-state index in [9.17, 15) is 27.2 Å². The van der Waals surface area contributed by atoms with Crippen LogP contribution in [-0.2, 0) is 16.1 Å². The van der Waals surface area contributed by atoms with E-state index < -0.39 is 24.7 Å². The molecule has 230 valence electrons. The fourth-order valence-electron chi connectivity index (χ4n) is 3.42. The normalized spacial score (nSPS) is 11.0. The molecule has 0 aliphatic heterocycles. The SMILES string of the molecule is CCNC(=O)c1ccc(-n2cc(C(=O)NCc3nc4ccccc4[nH]3)nn2)c(OCCOCCF)c1.O=C(O)C(F)(F)F. The first-order chi connectivity index (χ1) is 20.5. The fraction of sp³-hybridized carbons (Fsp3) is 0.308. The largest absolute Gasteiger partial charge is 0.490 e. The number of hydrogen-bond donors (Lipinski definition) is 4. The molecule has 2 amide bonds. The van der Waals surface area contributed by atoms with E-state index in [0.29, 0.717) is 29.4 Å². The van der Waals surface area contributed by atoms with Crippen molar-refractivity contribution in [1.29, 1.82) is 0 Å². The number of ether oxygens (including phenoxy) is 2. The minimum atomic E-state index is -5.08. The molecule has 43 heavy (non-hydrogen) atoms. The number of nitrogens with one attached hydrogen (secondary N) is 3. The smallest absolute Gasteiger partial charge is 0.489 e. The Morgan fingerprint density at radius 2 is 1.79 bits per heavy atom. The third-order valence-corrected chi connectivity index (χ3v) is 5.34. The van der Waals surface area contributed by atoms with Crippen molar-refractivity contribution in [2.24, 2.45) is 0 Å². The second-order valence-corrected chi connectivity index (χ2v) is 8.43. The van der Waals surface area contributed by atoms with Gasteiger partial charge in [0.05, 0.1) is 37.0 Å². The van der Waals surface area contributed by atoms with Gasteiger partial charge in [0, 0.05) is 12.1 Å². The molecular weight excluding hydrogens is 582 g/mol. The third-order valence-electron chi connectivity index (χ3n) is 5.34. The molecule has 2 aromatic heterocycles. The van der Waals surface area contributed by atoms with E-state index >= 15 is 0 Å². The summed E-state index contributed by atoms with van der Waals surface area (Å²) in [4.78, 5) is 41.4. The molecule has 0 aliphatic rings. The molecule has 0 fully saturated rings. The summed E-state index contributed by atoms with van der Waals surface area (Å²) in [5.74, 6) is -2.49. The van der Waals surface area contributed by atoms with Crippen molar-refractivity contribution >= 4 is 28.8 Å². The average Bonchev–Trinajstić information content (AvgIpc) is 3.63. The molecule has 0 radical (unpaired) electrons. The van der Waals surface area contributed by atoms with E-state index in [1.807, 2.05) is 31.2 Å². The first kappa shape index (κ1) is 32.5. The van der Waals surface area contributed by atoms with Gasteiger partial charge in [0.2, 0.25) is 0 Å². The van der Waals surface area contributed by atoms with E-state index in [4.69, 9.17) is 19.4 Å². The number of alkyl halides is 4. The molecule has 2 heterocycles. The number of hydrogen-bond acceptors (Lipinski definition) is 8. The number of aromatic amines is 1. The van der Waals surface area contributed by atoms with Gasteiger partial charge in [0.25, 0.3) is 11.8 Å². The molecule has 4 rings (SSSR count). The molecule has 13 nitrogen and oxygen atoms in total. The van der Waals surface area contributed by atoms with Crippen LogP contribution in [0.5, 0.6) is 5.75 Å². The van der Waals surface area contributed by atoms with Crippen LogP contribution in [0.1, 0.15) is 33.6 Å². The van der Waals surface area contributed by atoms with Crippen molar-refractivity contribution in [1.82, 2.24) is 35.6 Å². The highest BCUT2D eigenvalue weighted by atomic mass is 19.4. The summed E-state index contributed by atoms with van der Waals surface area (Å²) in [7, 11) is 0. The lowest BCUT2D eigenvalue weighted by Gasteiger charge is -2.13. The Bertz CT molecular complexity index is 1510. The number of H-pyrrole nitrogens is 1. The highest BCUT2D eigenvalue weighted by Gasteiger charge is 2.38. The van der Waals surface area contributed by atoms with Crippen LogP contribution in [0, 0.1) is 0 Å². The maximum atomic E-state index is 12.7. The molecule has 4 N–H and O–H groups in total. The molecule has 4 aromatic rings. The predicted molar refractivity (Wildman–Crippen MR) is 143 cm³/mol. The van der Waals surface area contributed by atoms with E-state index in [0.717, 1.165) is 11.0 Å². The summed E-state index contributed by atoms with van der Waals surface area (Å²) in [6, 6.07) is 12.4. The minimum absolute atomic E-state index is 0.0231. The number of benzene rings is 2. The number of carboxylic acids is 1. The average molecular weight is 610 g/mol. The van der Waals surface area contributed by atoms with Crippen molar-refractivity contribution in [2.75, 3.05) is 33.0 Å². The minimum Gasteiger partial charge on any atom is -0.489 e. The second-order valence-electron chi connectivity index (χ2n) is 8.43. The van der Waals surface area contributed by atoms with E-state index in [-0.39, 0.29) is 38.0 Å². The number of carboxylic acid groups (broad SMARTS) is 1. The van der Waals surface area contributed by atoms with Gasteiger partial charge in [-0.05, 0) is 37.3 Å². The summed E-state index contributed by atoms with van der Waals surface area (Å²) >= 11 is 0. The Kier molecular flexibility index (Phi) is 11.5. The number of amides is 2. The highest BCUT2D eigenvalue weighted by Crippen LogP contribution is 2.24. The number of rotatable bonds is 12. The van der Waals surface area contributed by atoms with Crippen LogP contribution in [-0.4, -0.2) is 87.1 Å². The number of fused-ring (bicyclic) bond motifs is 1. The van der Waals surface area contributed by atoms with Crippen molar-refractivity contribution in [3.05, 3.63) is 65.7 Å². The van der Waals surface area contributed by atoms with Crippen LogP contribution < -0.4 is 15.4 Å². The Morgan fingerprint density at radius 1 is 1.05 bits per heavy atom. The number of halogens is 4. The summed E-state index contributed by atoms with van der Waals surface area (Å²) in [6.45, 7) is 2.18. The molecule has 0 aliphatic carbocycles. The summed E-state index contributed by atoms with van der Waals surface area (Å²) in [5.41, 5.74) is 2.65. The molecule has 0 spiro atoms. The van der Waals surface area contributed by atoms with Gasteiger partial charge in [-0.2, -0.15) is 13.2 Å². The molecule has 2 aromatic carbocycles. The van der Waals surface area contributed by atoms with Gasteiger partial charge in [-0.25, -0.2) is 18.9 Å². The van der Waals surface area contributed by atoms with Crippen LogP contribution in [0.2, 0.25) is 0 Å². The van der Waals surface area contributed by atoms with E-state index in [2.05, 4.69) is 30.9 Å². The van der Waals surface area contributed by atoms with Crippen LogP contribution in [0.4, 0.5) is 17.6 Å². The van der Waals surface area contributed by atoms with Crippen molar-refractivity contribution < 1.29 is 46.5 Å². The Labute approximate surface area is 241 Å². The maximum Gasteiger partial charge on any atom is 0.490 e. The van der Waals surface area contributed by atoms with Crippen molar-refractivity contribution in [2.45, 2.75) is 19.6 Å². The zero-order valence-corrected chi connectivity index (χ0v) is 22.7. The number of imidazole rings is 1. The summed E-state index contributed by atoms with van der Waals surface area (Å²) in [6.07, 6.45) is -3.62. The quantitative estimate of drug-likeness (QED) is 0.139. The lowest BCUT2D eigenvalue weighted by Crippen LogP contribution is -2.23. The predicted octanol–water partition coefficient (Wildman–Crippen LogP) is 2.82. The van der Waals surface area contributed by atoms with Crippen molar-refractivity contribution in [3.8, 4) is 11.4 Å². The number of para-hydroxylation sites is 2.